The molecule has 1 aliphatic heterocycles. The summed E-state index contributed by atoms with van der Waals surface area (Å²) in [6.07, 6.45) is 0.989. The van der Waals surface area contributed by atoms with Gasteiger partial charge in [-0.15, -0.1) is 0 Å². The SMILES string of the molecule is CC(C)N(C)S(=O)(=O)NC1(CO)CCOCC1. The van der Waals surface area contributed by atoms with Crippen LogP contribution >= 0.6 is 0 Å². The van der Waals surface area contributed by atoms with Crippen molar-refractivity contribution in [2.45, 2.75) is 38.3 Å². The zero-order valence-electron chi connectivity index (χ0n) is 10.6. The normalized spacial score (nSPS) is 21.1. The molecule has 0 spiro atoms. The lowest BCUT2D eigenvalue weighted by atomic mass is 9.93. The summed E-state index contributed by atoms with van der Waals surface area (Å²) in [6.45, 7) is 4.33. The Morgan fingerprint density at radius 3 is 2.35 bits per heavy atom. The maximum Gasteiger partial charge on any atom is 0.280 e. The van der Waals surface area contributed by atoms with Crippen molar-refractivity contribution in [3.05, 3.63) is 0 Å². The number of aliphatic hydroxyl groups excluding tert-OH is 1. The molecule has 0 aliphatic carbocycles. The average molecular weight is 266 g/mol. The molecule has 7 heteroatoms. The van der Waals surface area contributed by atoms with E-state index in [1.807, 2.05) is 0 Å². The molecule has 0 aromatic heterocycles. The summed E-state index contributed by atoms with van der Waals surface area (Å²) in [7, 11) is -2.04. The first-order chi connectivity index (χ1) is 7.83. The fraction of sp³-hybridized carbons (Fsp3) is 1.00. The molecule has 0 atom stereocenters. The second kappa shape index (κ2) is 5.62. The molecule has 1 fully saturated rings. The van der Waals surface area contributed by atoms with Crippen LogP contribution in [-0.2, 0) is 14.9 Å². The van der Waals surface area contributed by atoms with Gasteiger partial charge in [-0.1, -0.05) is 0 Å². The van der Waals surface area contributed by atoms with Crippen LogP contribution < -0.4 is 4.72 Å². The molecule has 0 aromatic carbocycles. The van der Waals surface area contributed by atoms with Gasteiger partial charge in [0.05, 0.1) is 12.1 Å². The summed E-state index contributed by atoms with van der Waals surface area (Å²) >= 11 is 0. The largest absolute Gasteiger partial charge is 0.394 e. The van der Waals surface area contributed by atoms with E-state index in [2.05, 4.69) is 4.72 Å². The molecule has 102 valence electrons. The second-order valence-corrected chi connectivity index (χ2v) is 6.50. The van der Waals surface area contributed by atoms with E-state index in [4.69, 9.17) is 4.74 Å². The third-order valence-electron chi connectivity index (χ3n) is 3.20. The minimum absolute atomic E-state index is 0.122. The van der Waals surface area contributed by atoms with E-state index in [0.29, 0.717) is 26.1 Å². The number of rotatable bonds is 5. The minimum Gasteiger partial charge on any atom is -0.394 e. The number of hydrogen-bond acceptors (Lipinski definition) is 4. The number of nitrogens with zero attached hydrogens (tertiary/aromatic N) is 1. The molecular formula is C10H22N2O4S. The maximum atomic E-state index is 12.1. The quantitative estimate of drug-likeness (QED) is 0.716. The highest BCUT2D eigenvalue weighted by molar-refractivity contribution is 7.87. The van der Waals surface area contributed by atoms with E-state index in [9.17, 15) is 13.5 Å². The fourth-order valence-corrected chi connectivity index (χ4v) is 3.19. The molecule has 1 rings (SSSR count). The van der Waals surface area contributed by atoms with Crippen molar-refractivity contribution in [2.24, 2.45) is 0 Å². The van der Waals surface area contributed by atoms with Gasteiger partial charge in [-0.25, -0.2) is 0 Å². The summed E-state index contributed by atoms with van der Waals surface area (Å²) in [5.74, 6) is 0. The van der Waals surface area contributed by atoms with E-state index < -0.39 is 15.7 Å². The summed E-state index contributed by atoms with van der Waals surface area (Å²) in [6, 6.07) is -0.122. The van der Waals surface area contributed by atoms with Gasteiger partial charge in [0.15, 0.2) is 0 Å². The monoisotopic (exact) mass is 266 g/mol. The van der Waals surface area contributed by atoms with Gasteiger partial charge in [0, 0.05) is 26.3 Å². The molecule has 0 bridgehead atoms. The Labute approximate surface area is 103 Å². The topological polar surface area (TPSA) is 78.9 Å². The van der Waals surface area contributed by atoms with Gasteiger partial charge in [0.1, 0.15) is 0 Å². The van der Waals surface area contributed by atoms with Crippen LogP contribution in [0.15, 0.2) is 0 Å². The summed E-state index contributed by atoms with van der Waals surface area (Å²) in [5.41, 5.74) is -0.778. The second-order valence-electron chi connectivity index (χ2n) is 4.77. The molecule has 0 unspecified atom stereocenters. The van der Waals surface area contributed by atoms with Crippen LogP contribution in [0.5, 0.6) is 0 Å². The lowest BCUT2D eigenvalue weighted by Crippen LogP contribution is -2.58. The third kappa shape index (κ3) is 3.62. The molecule has 1 aliphatic rings. The number of aliphatic hydroxyl groups is 1. The van der Waals surface area contributed by atoms with Gasteiger partial charge < -0.3 is 9.84 Å². The Hall–Kier alpha value is -0.210. The highest BCUT2D eigenvalue weighted by Crippen LogP contribution is 2.22. The number of hydrogen-bond donors (Lipinski definition) is 2. The summed E-state index contributed by atoms with van der Waals surface area (Å²) in [4.78, 5) is 0. The van der Waals surface area contributed by atoms with Crippen molar-refractivity contribution in [3.63, 3.8) is 0 Å². The van der Waals surface area contributed by atoms with Crippen molar-refractivity contribution in [3.8, 4) is 0 Å². The molecule has 0 saturated carbocycles. The predicted octanol–water partition coefficient (Wildman–Crippen LogP) is -0.297. The van der Waals surface area contributed by atoms with Crippen LogP contribution in [-0.4, -0.2) is 56.3 Å². The van der Waals surface area contributed by atoms with Crippen LogP contribution in [0.2, 0.25) is 0 Å². The van der Waals surface area contributed by atoms with Gasteiger partial charge in [-0.3, -0.25) is 0 Å². The first-order valence-corrected chi connectivity index (χ1v) is 7.22. The van der Waals surface area contributed by atoms with Crippen LogP contribution in [0.3, 0.4) is 0 Å². The van der Waals surface area contributed by atoms with Crippen LogP contribution in [0.4, 0.5) is 0 Å². The Balaban J connectivity index is 2.80. The van der Waals surface area contributed by atoms with E-state index in [0.717, 1.165) is 0 Å². The molecule has 6 nitrogen and oxygen atoms in total. The summed E-state index contributed by atoms with van der Waals surface area (Å²) < 4.78 is 33.2. The van der Waals surface area contributed by atoms with Gasteiger partial charge >= 0.3 is 0 Å². The van der Waals surface area contributed by atoms with Gasteiger partial charge in [0.2, 0.25) is 0 Å². The summed E-state index contributed by atoms with van der Waals surface area (Å²) in [5, 5.41) is 9.42. The van der Waals surface area contributed by atoms with Crippen molar-refractivity contribution >= 4 is 10.2 Å². The van der Waals surface area contributed by atoms with Crippen molar-refractivity contribution in [1.29, 1.82) is 0 Å². The molecule has 0 aromatic rings. The minimum atomic E-state index is -3.56. The zero-order chi connectivity index (χ0) is 13.1. The molecule has 0 amide bonds. The van der Waals surface area contributed by atoms with Gasteiger partial charge in [0.25, 0.3) is 10.2 Å². The molecule has 1 heterocycles. The Morgan fingerprint density at radius 1 is 1.41 bits per heavy atom. The maximum absolute atomic E-state index is 12.1. The molecule has 0 radical (unpaired) electrons. The van der Waals surface area contributed by atoms with Crippen LogP contribution in [0.1, 0.15) is 26.7 Å². The lowest BCUT2D eigenvalue weighted by molar-refractivity contribution is 0.0215. The Morgan fingerprint density at radius 2 is 1.94 bits per heavy atom. The molecular weight excluding hydrogens is 244 g/mol. The van der Waals surface area contributed by atoms with E-state index in [1.165, 1.54) is 11.4 Å². The van der Waals surface area contributed by atoms with Gasteiger partial charge in [-0.2, -0.15) is 17.4 Å². The van der Waals surface area contributed by atoms with Crippen LogP contribution in [0.25, 0.3) is 0 Å². The Bertz CT molecular complexity index is 336. The predicted molar refractivity (Wildman–Crippen MR) is 64.8 cm³/mol. The third-order valence-corrected chi connectivity index (χ3v) is 5.08. The first-order valence-electron chi connectivity index (χ1n) is 5.78. The average Bonchev–Trinajstić information content (AvgIpc) is 2.28. The smallest absolute Gasteiger partial charge is 0.280 e. The Kier molecular flexibility index (Phi) is 4.91. The molecule has 1 saturated heterocycles. The molecule has 2 N–H and O–H groups in total. The highest BCUT2D eigenvalue weighted by Gasteiger charge is 2.37. The molecule has 17 heavy (non-hydrogen) atoms. The van der Waals surface area contributed by atoms with E-state index in [-0.39, 0.29) is 12.6 Å². The van der Waals surface area contributed by atoms with E-state index >= 15 is 0 Å². The van der Waals surface area contributed by atoms with Crippen molar-refractivity contribution in [2.75, 3.05) is 26.9 Å². The zero-order valence-corrected chi connectivity index (χ0v) is 11.5. The number of ether oxygens (including phenoxy) is 1. The van der Waals surface area contributed by atoms with Crippen molar-refractivity contribution in [1.82, 2.24) is 9.03 Å². The van der Waals surface area contributed by atoms with E-state index in [1.54, 1.807) is 13.8 Å². The number of nitrogens with one attached hydrogen (secondary N) is 1. The lowest BCUT2D eigenvalue weighted by Gasteiger charge is -2.37. The highest BCUT2D eigenvalue weighted by atomic mass is 32.2. The fourth-order valence-electron chi connectivity index (χ4n) is 1.68. The van der Waals surface area contributed by atoms with Crippen LogP contribution in [0, 0.1) is 0 Å². The van der Waals surface area contributed by atoms with Gasteiger partial charge in [-0.05, 0) is 26.7 Å². The standard InChI is InChI=1S/C10H22N2O4S/c1-9(2)12(3)17(14,15)11-10(8-13)4-6-16-7-5-10/h9,11,13H,4-8H2,1-3H3. The first kappa shape index (κ1) is 14.8. The van der Waals surface area contributed by atoms with Crippen molar-refractivity contribution < 1.29 is 18.3 Å².